The minimum atomic E-state index is -4.97. The summed E-state index contributed by atoms with van der Waals surface area (Å²) >= 11 is 0. The van der Waals surface area contributed by atoms with Crippen LogP contribution >= 0.6 is 0 Å². The number of aldehydes is 1. The third kappa shape index (κ3) is 12.0. The Kier molecular flexibility index (Phi) is 12.6. The van der Waals surface area contributed by atoms with Crippen LogP contribution in [0.15, 0.2) is 72.8 Å². The lowest BCUT2D eigenvalue weighted by Crippen LogP contribution is -2.17. The van der Waals surface area contributed by atoms with Gasteiger partial charge in [0.1, 0.15) is 28.6 Å². The molecule has 1 N–H and O–H groups in total. The van der Waals surface area contributed by atoms with Crippen molar-refractivity contribution in [3.63, 3.8) is 0 Å². The molecule has 4 rings (SSSR count). The normalized spacial score (nSPS) is 11.8. The van der Waals surface area contributed by atoms with E-state index in [1.165, 1.54) is 0 Å². The lowest BCUT2D eigenvalue weighted by Gasteiger charge is -2.16. The van der Waals surface area contributed by atoms with Crippen molar-refractivity contribution in [2.24, 2.45) is 0 Å². The van der Waals surface area contributed by atoms with Crippen LogP contribution in [-0.4, -0.2) is 44.3 Å². The molecule has 0 heterocycles. The number of aromatic carboxylic acids is 1. The van der Waals surface area contributed by atoms with Gasteiger partial charge in [0.15, 0.2) is 29.3 Å². The number of ether oxygens (including phenoxy) is 6. The molecule has 0 unspecified atom stereocenters. The second-order valence-corrected chi connectivity index (χ2v) is 9.81. The van der Waals surface area contributed by atoms with E-state index in [2.05, 4.69) is 9.47 Å². The van der Waals surface area contributed by atoms with Gasteiger partial charge in [-0.25, -0.2) is 4.79 Å². The van der Waals surface area contributed by atoms with Gasteiger partial charge in [0.25, 0.3) is 0 Å². The highest BCUT2D eigenvalue weighted by Gasteiger charge is 2.34. The monoisotopic (exact) mass is 776 g/mol. The fourth-order valence-electron chi connectivity index (χ4n) is 3.95. The fraction of sp³-hybridized carbons (Fsp3) is 0.188. The fourth-order valence-corrected chi connectivity index (χ4v) is 3.95. The molecule has 0 atom stereocenters. The highest BCUT2D eigenvalue weighted by molar-refractivity contribution is 5.91. The molecule has 0 aliphatic rings. The zero-order valence-electron chi connectivity index (χ0n) is 26.3. The Hall–Kier alpha value is -6.02. The number of alkyl halides is 12. The molecule has 0 saturated carbocycles. The third-order valence-corrected chi connectivity index (χ3v) is 6.18. The lowest BCUT2D eigenvalue weighted by molar-refractivity contribution is -0.275. The molecule has 9 nitrogen and oxygen atoms in total. The average molecular weight is 776 g/mol. The Labute approximate surface area is 288 Å². The Morgan fingerprint density at radius 2 is 0.962 bits per heavy atom. The molecule has 53 heavy (non-hydrogen) atoms. The molecule has 0 spiro atoms. The van der Waals surface area contributed by atoms with Crippen LogP contribution in [-0.2, 0) is 12.4 Å². The van der Waals surface area contributed by atoms with Gasteiger partial charge >= 0.3 is 31.0 Å². The van der Waals surface area contributed by atoms with E-state index in [4.69, 9.17) is 24.1 Å². The van der Waals surface area contributed by atoms with Crippen molar-refractivity contribution in [2.45, 2.75) is 25.1 Å². The number of rotatable bonds is 10. The number of benzene rings is 4. The number of hydrogen-bond donors (Lipinski definition) is 1. The first-order valence-electron chi connectivity index (χ1n) is 13.8. The van der Waals surface area contributed by atoms with E-state index in [1.54, 1.807) is 0 Å². The summed E-state index contributed by atoms with van der Waals surface area (Å²) < 4.78 is 178. The maximum atomic E-state index is 12.8. The smallest absolute Gasteiger partial charge is 0.493 e. The van der Waals surface area contributed by atoms with Gasteiger partial charge in [-0.2, -0.15) is 26.3 Å². The molecular formula is C32H20F12O9. The van der Waals surface area contributed by atoms with Crippen LogP contribution in [0.4, 0.5) is 52.7 Å². The van der Waals surface area contributed by atoms with Crippen molar-refractivity contribution in [1.82, 2.24) is 0 Å². The van der Waals surface area contributed by atoms with E-state index < -0.39 is 70.7 Å². The van der Waals surface area contributed by atoms with Crippen LogP contribution < -0.4 is 28.4 Å². The zero-order chi connectivity index (χ0) is 39.9. The molecule has 0 aromatic heterocycles. The summed E-state index contributed by atoms with van der Waals surface area (Å²) in [6, 6.07) is 9.24. The summed E-state index contributed by atoms with van der Waals surface area (Å²) in [4.78, 5) is 22.2. The van der Waals surface area contributed by atoms with Crippen LogP contribution in [0, 0.1) is 0 Å². The van der Waals surface area contributed by atoms with Crippen molar-refractivity contribution in [2.75, 3.05) is 14.2 Å². The number of methoxy groups -OCH3 is 2. The molecule has 0 fully saturated rings. The minimum Gasteiger partial charge on any atom is -0.493 e. The van der Waals surface area contributed by atoms with Gasteiger partial charge in [0.2, 0.25) is 0 Å². The van der Waals surface area contributed by atoms with Crippen molar-refractivity contribution < 1.29 is 95.8 Å². The van der Waals surface area contributed by atoms with Gasteiger partial charge in [0.05, 0.1) is 30.9 Å². The Morgan fingerprint density at radius 1 is 0.547 bits per heavy atom. The molecule has 0 aliphatic heterocycles. The predicted octanol–water partition coefficient (Wildman–Crippen LogP) is 10.3. The SMILES string of the molecule is COc1cc(OC(F)(F)F)ccc1Oc1cc(C(F)(F)F)ccc1C(=O)O.COc1cc(OC(F)(F)F)ccc1Oc1cc(C(F)(F)F)ccc1C=O. The van der Waals surface area contributed by atoms with Crippen LogP contribution in [0.2, 0.25) is 0 Å². The van der Waals surface area contributed by atoms with Crippen molar-refractivity contribution in [3.8, 4) is 46.0 Å². The molecule has 286 valence electrons. The summed E-state index contributed by atoms with van der Waals surface area (Å²) in [7, 11) is 2.19. The molecule has 0 amide bonds. The maximum absolute atomic E-state index is 12.8. The van der Waals surface area contributed by atoms with Crippen LogP contribution in [0.5, 0.6) is 46.0 Å². The minimum absolute atomic E-state index is 0.185. The van der Waals surface area contributed by atoms with Gasteiger partial charge in [0, 0.05) is 12.1 Å². The highest BCUT2D eigenvalue weighted by Crippen LogP contribution is 2.41. The van der Waals surface area contributed by atoms with E-state index in [1.807, 2.05) is 0 Å². The zero-order valence-corrected chi connectivity index (χ0v) is 26.3. The molecule has 0 aliphatic carbocycles. The first-order valence-corrected chi connectivity index (χ1v) is 13.8. The van der Waals surface area contributed by atoms with Crippen LogP contribution in [0.3, 0.4) is 0 Å². The largest absolute Gasteiger partial charge is 0.573 e. The Morgan fingerprint density at radius 3 is 1.34 bits per heavy atom. The number of carbonyl (C=O) groups excluding carboxylic acids is 1. The molecule has 0 saturated heterocycles. The topological polar surface area (TPSA) is 110 Å². The van der Waals surface area contributed by atoms with Crippen molar-refractivity contribution >= 4 is 12.3 Å². The van der Waals surface area contributed by atoms with Gasteiger partial charge in [-0.3, -0.25) is 4.79 Å². The van der Waals surface area contributed by atoms with E-state index in [9.17, 15) is 62.3 Å². The van der Waals surface area contributed by atoms with Gasteiger partial charge < -0.3 is 33.5 Å². The lowest BCUT2D eigenvalue weighted by atomic mass is 10.1. The number of halogens is 12. The predicted molar refractivity (Wildman–Crippen MR) is 155 cm³/mol. The number of carbonyl (C=O) groups is 2. The first-order chi connectivity index (χ1) is 24.4. The average Bonchev–Trinajstić information content (AvgIpc) is 3.04. The first kappa shape index (κ1) is 41.4. The molecule has 4 aromatic rings. The molecule has 21 heteroatoms. The van der Waals surface area contributed by atoms with E-state index in [-0.39, 0.29) is 34.8 Å². The van der Waals surface area contributed by atoms with Crippen molar-refractivity contribution in [3.05, 3.63) is 95.1 Å². The van der Waals surface area contributed by atoms with E-state index in [0.717, 1.165) is 56.7 Å². The molecule has 4 aromatic carbocycles. The summed E-state index contributed by atoms with van der Waals surface area (Å²) in [5.41, 5.74) is -3.00. The second kappa shape index (κ2) is 16.1. The standard InChI is InChI=1S/C16H10F6O5.C16H10F6O4/c1-25-13-7-9(27-16(20,21)22)3-5-11(13)26-12-6-8(15(17,18)19)2-4-10(12)14(23)24;1-24-14-7-11(26-16(20,21)22)4-5-12(14)25-13-6-10(15(17,18)19)3-2-9(13)8-23/h2-7H,1H3,(H,23,24);2-8H,1H3. The Bertz CT molecular complexity index is 1920. The van der Waals surface area contributed by atoms with Gasteiger partial charge in [-0.15, -0.1) is 26.3 Å². The second-order valence-electron chi connectivity index (χ2n) is 9.81. The number of hydrogen-bond acceptors (Lipinski definition) is 8. The van der Waals surface area contributed by atoms with Crippen LogP contribution in [0.1, 0.15) is 31.8 Å². The molecule has 0 bridgehead atoms. The maximum Gasteiger partial charge on any atom is 0.573 e. The van der Waals surface area contributed by atoms with Gasteiger partial charge in [-0.05, 0) is 60.7 Å². The van der Waals surface area contributed by atoms with E-state index in [0.29, 0.717) is 30.3 Å². The molecule has 0 radical (unpaired) electrons. The van der Waals surface area contributed by atoms with Crippen LogP contribution in [0.25, 0.3) is 0 Å². The van der Waals surface area contributed by atoms with Gasteiger partial charge in [-0.1, -0.05) is 0 Å². The summed E-state index contributed by atoms with van der Waals surface area (Å²) in [6.07, 6.45) is -19.1. The Balaban J connectivity index is 0.000000286. The number of carboxylic acid groups (broad SMARTS) is 1. The van der Waals surface area contributed by atoms with Crippen molar-refractivity contribution in [1.29, 1.82) is 0 Å². The molecular weight excluding hydrogens is 756 g/mol. The number of carboxylic acids is 1. The third-order valence-electron chi connectivity index (χ3n) is 6.18. The quantitative estimate of drug-likeness (QED) is 0.124. The van der Waals surface area contributed by atoms with E-state index >= 15 is 0 Å². The summed E-state index contributed by atoms with van der Waals surface area (Å²) in [5.74, 6) is -4.99. The summed E-state index contributed by atoms with van der Waals surface area (Å²) in [6.45, 7) is 0. The summed E-state index contributed by atoms with van der Waals surface area (Å²) in [5, 5.41) is 9.10. The highest BCUT2D eigenvalue weighted by atomic mass is 19.4.